The summed E-state index contributed by atoms with van der Waals surface area (Å²) >= 11 is 0. The van der Waals surface area contributed by atoms with Crippen molar-refractivity contribution in [3.05, 3.63) is 24.3 Å². The highest BCUT2D eigenvalue weighted by Gasteiger charge is 2.43. The third-order valence-corrected chi connectivity index (χ3v) is 5.53. The van der Waals surface area contributed by atoms with Crippen LogP contribution in [0.1, 0.15) is 42.6 Å². The summed E-state index contributed by atoms with van der Waals surface area (Å²) in [6, 6.07) is 0. The number of nitrogens with zero attached hydrogens (tertiary/aromatic N) is 3. The number of aromatic nitrogens is 2. The Bertz CT molecular complexity index is 568. The summed E-state index contributed by atoms with van der Waals surface area (Å²) in [6.07, 6.45) is 10.6. The van der Waals surface area contributed by atoms with E-state index in [2.05, 4.69) is 9.97 Å². The Labute approximate surface area is 142 Å². The zero-order chi connectivity index (χ0) is 16.4. The summed E-state index contributed by atoms with van der Waals surface area (Å²) in [5.74, 6) is 0.789. The van der Waals surface area contributed by atoms with E-state index >= 15 is 0 Å². The van der Waals surface area contributed by atoms with Crippen LogP contribution in [0.15, 0.2) is 18.6 Å². The topological polar surface area (TPSA) is 64.6 Å². The Kier molecular flexibility index (Phi) is 4.50. The van der Waals surface area contributed by atoms with E-state index in [-0.39, 0.29) is 17.4 Å². The molecule has 6 nitrogen and oxygen atoms in total. The number of hydrogen-bond acceptors (Lipinski definition) is 5. The molecule has 1 saturated carbocycles. The summed E-state index contributed by atoms with van der Waals surface area (Å²) in [7, 11) is 0. The van der Waals surface area contributed by atoms with Gasteiger partial charge < -0.3 is 14.4 Å². The molecule has 0 N–H and O–H groups in total. The maximum Gasteiger partial charge on any atom is 0.274 e. The van der Waals surface area contributed by atoms with Crippen LogP contribution in [0, 0.1) is 11.3 Å². The smallest absolute Gasteiger partial charge is 0.274 e. The maximum atomic E-state index is 12.5. The molecule has 1 amide bonds. The zero-order valence-electron chi connectivity index (χ0n) is 14.0. The van der Waals surface area contributed by atoms with Crippen molar-refractivity contribution in [2.45, 2.75) is 38.2 Å². The lowest BCUT2D eigenvalue weighted by molar-refractivity contribution is 0.00936. The quantitative estimate of drug-likeness (QED) is 0.825. The van der Waals surface area contributed by atoms with Gasteiger partial charge in [0.1, 0.15) is 5.69 Å². The van der Waals surface area contributed by atoms with E-state index in [4.69, 9.17) is 9.47 Å². The molecule has 1 atom stereocenters. The van der Waals surface area contributed by atoms with Gasteiger partial charge in [-0.1, -0.05) is 0 Å². The Morgan fingerprint density at radius 1 is 1.29 bits per heavy atom. The highest BCUT2D eigenvalue weighted by Crippen LogP contribution is 2.42. The van der Waals surface area contributed by atoms with Gasteiger partial charge in [0.15, 0.2) is 0 Å². The zero-order valence-corrected chi connectivity index (χ0v) is 14.0. The lowest BCUT2D eigenvalue weighted by Crippen LogP contribution is -2.43. The van der Waals surface area contributed by atoms with Crippen LogP contribution in [0.4, 0.5) is 0 Å². The van der Waals surface area contributed by atoms with Gasteiger partial charge in [-0.15, -0.1) is 0 Å². The Balaban J connectivity index is 1.25. The van der Waals surface area contributed by atoms with Gasteiger partial charge in [0.25, 0.3) is 5.91 Å². The van der Waals surface area contributed by atoms with Crippen LogP contribution < -0.4 is 0 Å². The predicted octanol–water partition coefficient (Wildman–Crippen LogP) is 1.91. The molecule has 130 valence electrons. The van der Waals surface area contributed by atoms with E-state index in [0.29, 0.717) is 5.69 Å². The minimum absolute atomic E-state index is 0.0128. The van der Waals surface area contributed by atoms with Gasteiger partial charge in [0.2, 0.25) is 0 Å². The van der Waals surface area contributed by atoms with Crippen molar-refractivity contribution < 1.29 is 14.3 Å². The molecule has 1 spiro atoms. The first-order valence-corrected chi connectivity index (χ1v) is 8.99. The van der Waals surface area contributed by atoms with Gasteiger partial charge in [-0.3, -0.25) is 9.78 Å². The van der Waals surface area contributed by atoms with Crippen molar-refractivity contribution in [2.24, 2.45) is 11.3 Å². The first-order chi connectivity index (χ1) is 11.7. The van der Waals surface area contributed by atoms with E-state index < -0.39 is 0 Å². The van der Waals surface area contributed by atoms with Crippen LogP contribution in [0.5, 0.6) is 0 Å². The van der Waals surface area contributed by atoms with Gasteiger partial charge in [0.05, 0.1) is 25.5 Å². The van der Waals surface area contributed by atoms with E-state index in [1.54, 1.807) is 18.6 Å². The third kappa shape index (κ3) is 3.59. The number of carbonyl (C=O) groups is 1. The monoisotopic (exact) mass is 331 g/mol. The minimum Gasteiger partial charge on any atom is -0.378 e. The maximum absolute atomic E-state index is 12.5. The van der Waals surface area contributed by atoms with E-state index in [1.807, 2.05) is 4.90 Å². The second-order valence-electron chi connectivity index (χ2n) is 7.50. The number of rotatable bonds is 5. The van der Waals surface area contributed by atoms with Crippen molar-refractivity contribution in [2.75, 3.05) is 32.9 Å². The average molecular weight is 331 g/mol. The normalized spacial score (nSPS) is 26.0. The average Bonchev–Trinajstić information content (AvgIpc) is 3.37. The molecule has 0 unspecified atom stereocenters. The third-order valence-electron chi connectivity index (χ3n) is 5.53. The highest BCUT2D eigenvalue weighted by atomic mass is 16.5. The first kappa shape index (κ1) is 16.0. The summed E-state index contributed by atoms with van der Waals surface area (Å²) in [4.78, 5) is 22.4. The fourth-order valence-corrected chi connectivity index (χ4v) is 3.76. The number of carbonyl (C=O) groups excluding carboxylic acids is 1. The van der Waals surface area contributed by atoms with Crippen LogP contribution in [0.3, 0.4) is 0 Å². The van der Waals surface area contributed by atoms with Crippen molar-refractivity contribution in [1.82, 2.24) is 14.9 Å². The molecule has 1 aromatic rings. The fourth-order valence-electron chi connectivity index (χ4n) is 3.76. The molecule has 1 aromatic heterocycles. The lowest BCUT2D eigenvalue weighted by Gasteiger charge is -2.38. The number of piperidine rings is 1. The molecule has 6 heteroatoms. The Morgan fingerprint density at radius 3 is 2.83 bits per heavy atom. The van der Waals surface area contributed by atoms with Crippen LogP contribution >= 0.6 is 0 Å². The van der Waals surface area contributed by atoms with E-state index in [0.717, 1.165) is 58.1 Å². The van der Waals surface area contributed by atoms with Crippen LogP contribution in [-0.4, -0.2) is 59.8 Å². The van der Waals surface area contributed by atoms with Crippen molar-refractivity contribution in [3.63, 3.8) is 0 Å². The van der Waals surface area contributed by atoms with Crippen LogP contribution in [-0.2, 0) is 9.47 Å². The van der Waals surface area contributed by atoms with Gasteiger partial charge in [-0.05, 0) is 43.4 Å². The molecule has 3 fully saturated rings. The molecule has 0 bridgehead atoms. The Morgan fingerprint density at radius 2 is 2.12 bits per heavy atom. The molecular weight excluding hydrogens is 306 g/mol. The number of ether oxygens (including phenoxy) is 2. The molecule has 2 aliphatic heterocycles. The van der Waals surface area contributed by atoms with Gasteiger partial charge >= 0.3 is 0 Å². The lowest BCUT2D eigenvalue weighted by atomic mass is 9.76. The SMILES string of the molecule is O=C(c1cnccn1)N1CCC2(CC1)CO[C@H](COCC1CC1)C2. The van der Waals surface area contributed by atoms with Crippen molar-refractivity contribution >= 4 is 5.91 Å². The summed E-state index contributed by atoms with van der Waals surface area (Å²) < 4.78 is 11.8. The fraction of sp³-hybridized carbons (Fsp3) is 0.722. The molecule has 0 radical (unpaired) electrons. The molecule has 3 aliphatic rings. The van der Waals surface area contributed by atoms with E-state index in [9.17, 15) is 4.79 Å². The van der Waals surface area contributed by atoms with Crippen LogP contribution in [0.25, 0.3) is 0 Å². The molecule has 4 rings (SSSR count). The van der Waals surface area contributed by atoms with Crippen molar-refractivity contribution in [1.29, 1.82) is 0 Å². The summed E-state index contributed by atoms with van der Waals surface area (Å²) in [5, 5.41) is 0. The predicted molar refractivity (Wildman–Crippen MR) is 87.5 cm³/mol. The molecule has 1 aliphatic carbocycles. The molecule has 3 heterocycles. The van der Waals surface area contributed by atoms with Gasteiger partial charge in [0, 0.05) is 32.1 Å². The number of amides is 1. The van der Waals surface area contributed by atoms with Gasteiger partial charge in [-0.25, -0.2) is 4.98 Å². The van der Waals surface area contributed by atoms with Gasteiger partial charge in [-0.2, -0.15) is 0 Å². The second kappa shape index (κ2) is 6.76. The molecule has 24 heavy (non-hydrogen) atoms. The largest absolute Gasteiger partial charge is 0.378 e. The van der Waals surface area contributed by atoms with Crippen molar-refractivity contribution in [3.8, 4) is 0 Å². The Hall–Kier alpha value is -1.53. The molecular formula is C18H25N3O3. The number of hydrogen-bond donors (Lipinski definition) is 0. The van der Waals surface area contributed by atoms with Crippen LogP contribution in [0.2, 0.25) is 0 Å². The number of likely N-dealkylation sites (tertiary alicyclic amines) is 1. The molecule has 0 aromatic carbocycles. The second-order valence-corrected chi connectivity index (χ2v) is 7.50. The highest BCUT2D eigenvalue weighted by molar-refractivity contribution is 5.92. The first-order valence-electron chi connectivity index (χ1n) is 8.99. The standard InChI is InChI=1S/C18H25N3O3/c22-17(16-10-19-5-6-20-16)21-7-3-18(4-8-21)9-15(24-13-18)12-23-11-14-1-2-14/h5-6,10,14-15H,1-4,7-9,11-13H2/t15-/m0/s1. The van der Waals surface area contributed by atoms with E-state index in [1.165, 1.54) is 12.8 Å². The molecule has 2 saturated heterocycles. The summed E-state index contributed by atoms with van der Waals surface area (Å²) in [6.45, 7) is 3.97. The summed E-state index contributed by atoms with van der Waals surface area (Å²) in [5.41, 5.74) is 0.662. The minimum atomic E-state index is -0.0128.